The molecule has 0 aromatic heterocycles. The Bertz CT molecular complexity index is 763. The highest BCUT2D eigenvalue weighted by Crippen LogP contribution is 2.37. The molecule has 1 amide bonds. The number of primary sulfonamides is 1. The smallest absolute Gasteiger partial charge is 0.371 e. The largest absolute Gasteiger partial charge is 0.417 e. The van der Waals surface area contributed by atoms with Crippen LogP contribution < -0.4 is 10.0 Å². The van der Waals surface area contributed by atoms with E-state index >= 15 is 0 Å². The van der Waals surface area contributed by atoms with Gasteiger partial charge in [-0.25, -0.2) is 13.6 Å². The van der Waals surface area contributed by atoms with Crippen molar-refractivity contribution in [2.75, 3.05) is 32.1 Å². The van der Waals surface area contributed by atoms with Gasteiger partial charge in [-0.2, -0.15) is 13.2 Å². The van der Waals surface area contributed by atoms with Gasteiger partial charge in [0.05, 0.1) is 16.4 Å². The number of anilines is 1. The molecule has 2 N–H and O–H groups in total. The first kappa shape index (κ1) is 19.5. The van der Waals surface area contributed by atoms with Crippen LogP contribution in [0.4, 0.5) is 18.9 Å². The number of carbonyl (C=O) groups excluding carboxylic acids is 1. The van der Waals surface area contributed by atoms with E-state index in [-0.39, 0.29) is 24.1 Å². The number of alkyl halides is 3. The van der Waals surface area contributed by atoms with E-state index in [1.807, 2.05) is 0 Å². The highest BCUT2D eigenvalue weighted by Gasteiger charge is 2.37. The maximum Gasteiger partial charge on any atom is 0.417 e. The first-order valence-corrected chi connectivity index (χ1v) is 9.16. The van der Waals surface area contributed by atoms with Crippen LogP contribution in [0.1, 0.15) is 18.4 Å². The molecule has 0 saturated carbocycles. The quantitative estimate of drug-likeness (QED) is 0.866. The SMILES string of the molecule is CN(C)C(=O)C1CCCN(c2ccc(S(N)(=O)=O)c(C(F)(F)F)c2)C1. The minimum absolute atomic E-state index is 0.0816. The number of nitrogens with zero attached hydrogens (tertiary/aromatic N) is 2. The maximum absolute atomic E-state index is 13.2. The van der Waals surface area contributed by atoms with Gasteiger partial charge in [0.1, 0.15) is 0 Å². The molecule has 2 rings (SSSR count). The van der Waals surface area contributed by atoms with E-state index in [0.717, 1.165) is 12.1 Å². The number of benzene rings is 1. The molecule has 0 aliphatic carbocycles. The van der Waals surface area contributed by atoms with Gasteiger partial charge >= 0.3 is 6.18 Å². The van der Waals surface area contributed by atoms with E-state index in [1.165, 1.54) is 11.0 Å². The second-order valence-corrected chi connectivity index (χ2v) is 7.77. The van der Waals surface area contributed by atoms with Crippen LogP contribution in [-0.2, 0) is 21.0 Å². The van der Waals surface area contributed by atoms with Crippen LogP contribution in [0.15, 0.2) is 23.1 Å². The average molecular weight is 379 g/mol. The van der Waals surface area contributed by atoms with Crippen molar-refractivity contribution in [3.63, 3.8) is 0 Å². The molecule has 1 atom stereocenters. The summed E-state index contributed by atoms with van der Waals surface area (Å²) in [5.41, 5.74) is -1.08. The summed E-state index contributed by atoms with van der Waals surface area (Å²) < 4.78 is 62.5. The third-order valence-corrected chi connectivity index (χ3v) is 5.12. The predicted molar refractivity (Wildman–Crippen MR) is 86.4 cm³/mol. The van der Waals surface area contributed by atoms with Crippen molar-refractivity contribution in [2.24, 2.45) is 11.1 Å². The van der Waals surface area contributed by atoms with Crippen molar-refractivity contribution >= 4 is 21.6 Å². The molecule has 1 saturated heterocycles. The fourth-order valence-corrected chi connectivity index (χ4v) is 3.70. The first-order valence-electron chi connectivity index (χ1n) is 7.61. The zero-order valence-electron chi connectivity index (χ0n) is 13.9. The van der Waals surface area contributed by atoms with Crippen LogP contribution in [0.5, 0.6) is 0 Å². The van der Waals surface area contributed by atoms with Gasteiger partial charge in [-0.05, 0) is 31.0 Å². The lowest BCUT2D eigenvalue weighted by Gasteiger charge is -2.35. The van der Waals surface area contributed by atoms with Gasteiger partial charge in [-0.15, -0.1) is 0 Å². The van der Waals surface area contributed by atoms with E-state index < -0.39 is 26.7 Å². The maximum atomic E-state index is 13.2. The number of hydrogen-bond acceptors (Lipinski definition) is 4. The molecule has 1 fully saturated rings. The molecule has 10 heteroatoms. The molecule has 1 aliphatic heterocycles. The molecule has 1 aromatic rings. The Morgan fingerprint density at radius 3 is 2.48 bits per heavy atom. The van der Waals surface area contributed by atoms with Gasteiger partial charge in [-0.1, -0.05) is 0 Å². The Morgan fingerprint density at radius 1 is 1.32 bits per heavy atom. The summed E-state index contributed by atoms with van der Waals surface area (Å²) in [4.78, 5) is 14.3. The standard InChI is InChI=1S/C15H20F3N3O3S/c1-20(2)14(22)10-4-3-7-21(9-10)11-5-6-13(25(19,23)24)12(8-11)15(16,17)18/h5-6,8,10H,3-4,7,9H2,1-2H3,(H2,19,23,24). The molecule has 6 nitrogen and oxygen atoms in total. The molecule has 1 aliphatic rings. The summed E-state index contributed by atoms with van der Waals surface area (Å²) in [6.45, 7) is 0.770. The van der Waals surface area contributed by atoms with E-state index in [9.17, 15) is 26.4 Å². The Hall–Kier alpha value is -1.81. The molecule has 1 heterocycles. The second kappa shape index (κ2) is 6.83. The van der Waals surface area contributed by atoms with Crippen LogP contribution in [-0.4, -0.2) is 46.4 Å². The fourth-order valence-electron chi connectivity index (χ4n) is 2.96. The van der Waals surface area contributed by atoms with Crippen molar-refractivity contribution in [2.45, 2.75) is 23.9 Å². The highest BCUT2D eigenvalue weighted by atomic mass is 32.2. The molecule has 0 radical (unpaired) electrons. The molecule has 0 bridgehead atoms. The van der Waals surface area contributed by atoms with E-state index in [2.05, 4.69) is 0 Å². The van der Waals surface area contributed by atoms with Crippen molar-refractivity contribution < 1.29 is 26.4 Å². The molecular formula is C15H20F3N3O3S. The van der Waals surface area contributed by atoms with Crippen LogP contribution in [0.2, 0.25) is 0 Å². The normalized spacial score (nSPS) is 19.0. The number of sulfonamides is 1. The first-order chi connectivity index (χ1) is 11.4. The zero-order chi connectivity index (χ0) is 19.0. The van der Waals surface area contributed by atoms with Crippen molar-refractivity contribution in [3.05, 3.63) is 23.8 Å². The number of piperidine rings is 1. The Kier molecular flexibility index (Phi) is 5.33. The third-order valence-electron chi connectivity index (χ3n) is 4.15. The minimum Gasteiger partial charge on any atom is -0.371 e. The predicted octanol–water partition coefficient (Wildman–Crippen LogP) is 1.66. The summed E-state index contributed by atoms with van der Waals surface area (Å²) in [6.07, 6.45) is -3.54. The number of carbonyl (C=O) groups is 1. The zero-order valence-corrected chi connectivity index (χ0v) is 14.7. The lowest BCUT2D eigenvalue weighted by Crippen LogP contribution is -2.42. The number of rotatable bonds is 3. The molecule has 0 spiro atoms. The molecular weight excluding hydrogens is 359 g/mol. The third kappa shape index (κ3) is 4.43. The van der Waals surface area contributed by atoms with E-state index in [1.54, 1.807) is 19.0 Å². The molecule has 1 unspecified atom stereocenters. The average Bonchev–Trinajstić information content (AvgIpc) is 2.52. The van der Waals surface area contributed by atoms with Crippen molar-refractivity contribution in [3.8, 4) is 0 Å². The monoisotopic (exact) mass is 379 g/mol. The minimum atomic E-state index is -4.85. The van der Waals surface area contributed by atoms with E-state index in [4.69, 9.17) is 5.14 Å². The number of hydrogen-bond donors (Lipinski definition) is 1. The summed E-state index contributed by atoms with van der Waals surface area (Å²) in [5, 5.41) is 4.89. The van der Waals surface area contributed by atoms with Gasteiger partial charge in [-0.3, -0.25) is 4.79 Å². The Balaban J connectivity index is 2.38. The highest BCUT2D eigenvalue weighted by molar-refractivity contribution is 7.89. The number of amides is 1. The summed E-state index contributed by atoms with van der Waals surface area (Å²) in [6, 6.07) is 2.94. The second-order valence-electron chi connectivity index (χ2n) is 6.24. The number of halogens is 3. The van der Waals surface area contributed by atoms with Crippen LogP contribution >= 0.6 is 0 Å². The Morgan fingerprint density at radius 2 is 1.96 bits per heavy atom. The van der Waals surface area contributed by atoms with Crippen LogP contribution in [0.3, 0.4) is 0 Å². The summed E-state index contributed by atoms with van der Waals surface area (Å²) in [5.74, 6) is -0.391. The molecule has 140 valence electrons. The summed E-state index contributed by atoms with van der Waals surface area (Å²) >= 11 is 0. The van der Waals surface area contributed by atoms with Crippen LogP contribution in [0, 0.1) is 5.92 Å². The topological polar surface area (TPSA) is 83.7 Å². The lowest BCUT2D eigenvalue weighted by atomic mass is 9.96. The van der Waals surface area contributed by atoms with Gasteiger partial charge in [0.25, 0.3) is 0 Å². The van der Waals surface area contributed by atoms with Crippen molar-refractivity contribution in [1.82, 2.24) is 4.90 Å². The van der Waals surface area contributed by atoms with Gasteiger partial charge < -0.3 is 9.80 Å². The molecule has 25 heavy (non-hydrogen) atoms. The summed E-state index contributed by atoms with van der Waals surface area (Å²) in [7, 11) is -1.24. The number of nitrogens with two attached hydrogens (primary N) is 1. The molecule has 1 aromatic carbocycles. The van der Waals surface area contributed by atoms with Crippen LogP contribution in [0.25, 0.3) is 0 Å². The van der Waals surface area contributed by atoms with Crippen molar-refractivity contribution in [1.29, 1.82) is 0 Å². The van der Waals surface area contributed by atoms with Gasteiger partial charge in [0, 0.05) is 32.9 Å². The Labute approximate surface area is 144 Å². The lowest BCUT2D eigenvalue weighted by molar-refractivity contribution is -0.140. The van der Waals surface area contributed by atoms with Gasteiger partial charge in [0.2, 0.25) is 15.9 Å². The van der Waals surface area contributed by atoms with Gasteiger partial charge in [0.15, 0.2) is 0 Å². The van der Waals surface area contributed by atoms with E-state index in [0.29, 0.717) is 19.4 Å². The fraction of sp³-hybridized carbons (Fsp3) is 0.533.